The molecule has 15 heteroatoms. The molecule has 14 nitrogen and oxygen atoms in total. The van der Waals surface area contributed by atoms with Crippen molar-refractivity contribution in [2.45, 2.75) is 56.3 Å². The minimum Gasteiger partial charge on any atom is -0.481 e. The number of hydrogen-bond acceptors (Lipinski definition) is 9. The molecule has 190 valence electrons. The fraction of sp³-hybridized carbons (Fsp3) is 0.579. The Morgan fingerprint density at radius 3 is 2.15 bits per heavy atom. The zero-order valence-electron chi connectivity index (χ0n) is 18.4. The van der Waals surface area contributed by atoms with E-state index in [1.165, 1.54) is 12.5 Å². The van der Waals surface area contributed by atoms with Crippen LogP contribution in [0.1, 0.15) is 31.4 Å². The fourth-order valence-corrected chi connectivity index (χ4v) is 3.14. The maximum Gasteiger partial charge on any atom is 0.326 e. The van der Waals surface area contributed by atoms with E-state index in [1.54, 1.807) is 0 Å². The summed E-state index contributed by atoms with van der Waals surface area (Å²) >= 11 is 4.01. The topological polar surface area (TPSA) is 243 Å². The highest BCUT2D eigenvalue weighted by Gasteiger charge is 2.30. The summed E-state index contributed by atoms with van der Waals surface area (Å²) in [6, 6.07) is -4.98. The number of nitrogens with one attached hydrogen (secondary N) is 4. The van der Waals surface area contributed by atoms with Crippen molar-refractivity contribution in [1.29, 1.82) is 0 Å². The summed E-state index contributed by atoms with van der Waals surface area (Å²) in [6.45, 7) is 0.378. The summed E-state index contributed by atoms with van der Waals surface area (Å²) in [7, 11) is 0. The van der Waals surface area contributed by atoms with Gasteiger partial charge in [-0.3, -0.25) is 19.2 Å². The van der Waals surface area contributed by atoms with Crippen LogP contribution in [0.3, 0.4) is 0 Å². The number of aromatic amines is 1. The van der Waals surface area contributed by atoms with Crippen molar-refractivity contribution in [1.82, 2.24) is 25.9 Å². The van der Waals surface area contributed by atoms with Crippen LogP contribution in [-0.2, 0) is 30.4 Å². The van der Waals surface area contributed by atoms with Crippen molar-refractivity contribution in [2.75, 3.05) is 12.3 Å². The number of carboxylic acids is 2. The van der Waals surface area contributed by atoms with Gasteiger partial charge >= 0.3 is 11.9 Å². The molecular formula is C19H31N7O7S. The lowest BCUT2D eigenvalue weighted by Gasteiger charge is -2.24. The molecule has 10 N–H and O–H groups in total. The number of imidazole rings is 1. The molecule has 0 bridgehead atoms. The van der Waals surface area contributed by atoms with E-state index in [0.29, 0.717) is 25.1 Å². The lowest BCUT2D eigenvalue weighted by Crippen LogP contribution is -2.58. The predicted octanol–water partition coefficient (Wildman–Crippen LogP) is -2.65. The second-order valence-corrected chi connectivity index (χ2v) is 7.84. The number of nitrogens with zero attached hydrogens (tertiary/aromatic N) is 1. The highest BCUT2D eigenvalue weighted by molar-refractivity contribution is 7.80. The number of carboxylic acid groups (broad SMARTS) is 2. The van der Waals surface area contributed by atoms with Crippen LogP contribution in [-0.4, -0.2) is 86.3 Å². The number of rotatable bonds is 16. The van der Waals surface area contributed by atoms with Crippen molar-refractivity contribution in [2.24, 2.45) is 11.5 Å². The summed E-state index contributed by atoms with van der Waals surface area (Å²) in [5.41, 5.74) is 12.0. The summed E-state index contributed by atoms with van der Waals surface area (Å²) in [5, 5.41) is 24.9. The van der Waals surface area contributed by atoms with Gasteiger partial charge in [0.1, 0.15) is 18.1 Å². The van der Waals surface area contributed by atoms with Crippen LogP contribution in [0.15, 0.2) is 12.5 Å². The molecule has 0 fully saturated rings. The minimum atomic E-state index is -1.69. The van der Waals surface area contributed by atoms with Gasteiger partial charge < -0.3 is 42.6 Å². The van der Waals surface area contributed by atoms with Gasteiger partial charge in [-0.25, -0.2) is 9.78 Å². The normalized spacial score (nSPS) is 14.3. The maximum atomic E-state index is 12.8. The molecule has 4 atom stereocenters. The molecule has 0 spiro atoms. The molecule has 0 aliphatic carbocycles. The van der Waals surface area contributed by atoms with Crippen LogP contribution in [0, 0.1) is 0 Å². The number of aromatic nitrogens is 2. The van der Waals surface area contributed by atoms with Crippen molar-refractivity contribution >= 4 is 42.3 Å². The number of nitrogens with two attached hydrogens (primary N) is 2. The molecule has 0 aromatic carbocycles. The Bertz CT molecular complexity index is 837. The smallest absolute Gasteiger partial charge is 0.326 e. The molecule has 0 saturated carbocycles. The van der Waals surface area contributed by atoms with E-state index >= 15 is 0 Å². The number of carbonyl (C=O) groups excluding carboxylic acids is 3. The first kappa shape index (κ1) is 28.9. The first-order chi connectivity index (χ1) is 16.1. The Morgan fingerprint density at radius 1 is 1.00 bits per heavy atom. The lowest BCUT2D eigenvalue weighted by atomic mass is 10.1. The molecule has 0 aliphatic heterocycles. The Balaban J connectivity index is 2.83. The second kappa shape index (κ2) is 14.9. The minimum absolute atomic E-state index is 0.158. The van der Waals surface area contributed by atoms with E-state index in [2.05, 4.69) is 38.5 Å². The van der Waals surface area contributed by atoms with E-state index in [1.807, 2.05) is 0 Å². The van der Waals surface area contributed by atoms with Crippen LogP contribution in [0.5, 0.6) is 0 Å². The van der Waals surface area contributed by atoms with Crippen LogP contribution < -0.4 is 27.4 Å². The first-order valence-corrected chi connectivity index (χ1v) is 11.1. The Kier molecular flexibility index (Phi) is 12.6. The first-order valence-electron chi connectivity index (χ1n) is 10.5. The average molecular weight is 502 g/mol. The van der Waals surface area contributed by atoms with Crippen molar-refractivity contribution < 1.29 is 34.2 Å². The van der Waals surface area contributed by atoms with Crippen molar-refractivity contribution in [3.05, 3.63) is 18.2 Å². The number of carbonyl (C=O) groups is 5. The molecule has 34 heavy (non-hydrogen) atoms. The van der Waals surface area contributed by atoms with Crippen molar-refractivity contribution in [3.8, 4) is 0 Å². The number of aliphatic carboxylic acids is 2. The van der Waals surface area contributed by atoms with E-state index < -0.39 is 60.2 Å². The Hall–Kier alpha value is -3.17. The zero-order valence-corrected chi connectivity index (χ0v) is 19.3. The SMILES string of the molecule is NCCCCC(NC(=O)C(N)Cc1cnc[nH]1)C(=O)NC(CS)C(=O)NC(CC(=O)O)C(=O)O. The molecule has 1 rings (SSSR count). The van der Waals surface area contributed by atoms with Crippen LogP contribution >= 0.6 is 12.6 Å². The van der Waals surface area contributed by atoms with E-state index in [-0.39, 0.29) is 18.6 Å². The van der Waals surface area contributed by atoms with Crippen LogP contribution in [0.2, 0.25) is 0 Å². The van der Waals surface area contributed by atoms with Gasteiger partial charge in [-0.15, -0.1) is 0 Å². The Labute approximate surface area is 201 Å². The molecule has 1 aromatic rings. The molecule has 1 heterocycles. The van der Waals surface area contributed by atoms with Gasteiger partial charge in [-0.05, 0) is 25.8 Å². The van der Waals surface area contributed by atoms with Gasteiger partial charge in [0.15, 0.2) is 0 Å². The lowest BCUT2D eigenvalue weighted by molar-refractivity contribution is -0.147. The third kappa shape index (κ3) is 10.2. The monoisotopic (exact) mass is 501 g/mol. The second-order valence-electron chi connectivity index (χ2n) is 7.47. The molecule has 4 unspecified atom stereocenters. The molecule has 1 aromatic heterocycles. The fourth-order valence-electron chi connectivity index (χ4n) is 2.88. The van der Waals surface area contributed by atoms with Gasteiger partial charge in [0, 0.05) is 24.1 Å². The van der Waals surface area contributed by atoms with Crippen LogP contribution in [0.25, 0.3) is 0 Å². The standard InChI is InChI=1S/C19H31N7O7S/c20-4-2-1-3-12(24-16(29)11(21)5-10-7-22-9-23-10)17(30)26-14(8-34)18(31)25-13(19(32)33)6-15(27)28/h7,9,11-14,34H,1-6,8,20-21H2,(H,22,23)(H,24,29)(H,25,31)(H,26,30)(H,27,28)(H,32,33). The third-order valence-corrected chi connectivity index (χ3v) is 5.09. The number of H-pyrrole nitrogens is 1. The zero-order chi connectivity index (χ0) is 25.7. The van der Waals surface area contributed by atoms with Gasteiger partial charge in [-0.2, -0.15) is 12.6 Å². The average Bonchev–Trinajstić information content (AvgIpc) is 3.28. The highest BCUT2D eigenvalue weighted by Crippen LogP contribution is 2.05. The molecular weight excluding hydrogens is 470 g/mol. The summed E-state index contributed by atoms with van der Waals surface area (Å²) < 4.78 is 0. The van der Waals surface area contributed by atoms with Gasteiger partial charge in [-0.1, -0.05) is 0 Å². The molecule has 0 aliphatic rings. The van der Waals surface area contributed by atoms with Gasteiger partial charge in [0.2, 0.25) is 17.7 Å². The van der Waals surface area contributed by atoms with Gasteiger partial charge in [0.25, 0.3) is 0 Å². The number of unbranched alkanes of at least 4 members (excludes halogenated alkanes) is 1. The maximum absolute atomic E-state index is 12.8. The Morgan fingerprint density at radius 2 is 1.62 bits per heavy atom. The van der Waals surface area contributed by atoms with Crippen LogP contribution in [0.4, 0.5) is 0 Å². The quantitative estimate of drug-likeness (QED) is 0.0841. The van der Waals surface area contributed by atoms with Crippen molar-refractivity contribution in [3.63, 3.8) is 0 Å². The van der Waals surface area contributed by atoms with E-state index in [0.717, 1.165) is 0 Å². The number of thiol groups is 1. The molecule has 0 saturated heterocycles. The molecule has 3 amide bonds. The summed E-state index contributed by atoms with van der Waals surface area (Å²) in [5.74, 6) is -5.41. The van der Waals surface area contributed by atoms with E-state index in [9.17, 15) is 24.0 Å². The van der Waals surface area contributed by atoms with E-state index in [4.69, 9.17) is 21.7 Å². The number of amides is 3. The third-order valence-electron chi connectivity index (χ3n) is 4.72. The summed E-state index contributed by atoms with van der Waals surface area (Å²) in [4.78, 5) is 66.5. The number of hydrogen-bond donors (Lipinski definition) is 9. The molecule has 0 radical (unpaired) electrons. The summed E-state index contributed by atoms with van der Waals surface area (Å²) in [6.07, 6.45) is 3.57. The predicted molar refractivity (Wildman–Crippen MR) is 123 cm³/mol. The van der Waals surface area contributed by atoms with Gasteiger partial charge in [0.05, 0.1) is 18.8 Å². The largest absolute Gasteiger partial charge is 0.481 e. The highest BCUT2D eigenvalue weighted by atomic mass is 32.1.